The smallest absolute Gasteiger partial charge is 0.338 e. The van der Waals surface area contributed by atoms with E-state index < -0.39 is 12.0 Å². The fourth-order valence-corrected chi connectivity index (χ4v) is 6.13. The van der Waals surface area contributed by atoms with Gasteiger partial charge in [-0.25, -0.2) is 9.79 Å². The monoisotopic (exact) mass is 657 g/mol. The van der Waals surface area contributed by atoms with Gasteiger partial charge in [0.15, 0.2) is 16.3 Å². The number of nitrogens with zero attached hydrogens (tertiary/aromatic N) is 3. The van der Waals surface area contributed by atoms with Crippen molar-refractivity contribution in [3.05, 3.63) is 124 Å². The van der Waals surface area contributed by atoms with Crippen LogP contribution in [0.25, 0.3) is 6.08 Å². The summed E-state index contributed by atoms with van der Waals surface area (Å²) in [6, 6.07) is 21.7. The quantitative estimate of drug-likeness (QED) is 0.223. The number of rotatable bonds is 9. The van der Waals surface area contributed by atoms with E-state index in [-0.39, 0.29) is 18.8 Å². The lowest BCUT2D eigenvalue weighted by atomic mass is 9.96. The zero-order chi connectivity index (χ0) is 30.5. The highest BCUT2D eigenvalue weighted by atomic mass is 79.9. The molecule has 2 heterocycles. The van der Waals surface area contributed by atoms with Crippen molar-refractivity contribution in [3.8, 4) is 17.6 Å². The lowest BCUT2D eigenvalue weighted by molar-refractivity contribution is -0.139. The lowest BCUT2D eigenvalue weighted by Gasteiger charge is -2.24. The highest BCUT2D eigenvalue weighted by Gasteiger charge is 2.33. The number of halogens is 1. The van der Waals surface area contributed by atoms with Gasteiger partial charge in [0, 0.05) is 10.0 Å². The number of hydrogen-bond donors (Lipinski definition) is 0. The second kappa shape index (κ2) is 13.2. The number of benzene rings is 3. The van der Waals surface area contributed by atoms with Crippen LogP contribution in [0, 0.1) is 11.3 Å². The number of fused-ring (bicyclic) bond motifs is 1. The van der Waals surface area contributed by atoms with E-state index in [0.29, 0.717) is 44.3 Å². The number of carbonyl (C=O) groups is 1. The van der Waals surface area contributed by atoms with Crippen molar-refractivity contribution in [3.63, 3.8) is 0 Å². The predicted molar refractivity (Wildman–Crippen MR) is 168 cm³/mol. The average Bonchev–Trinajstić information content (AvgIpc) is 3.30. The Kier molecular flexibility index (Phi) is 9.24. The molecule has 218 valence electrons. The molecule has 0 amide bonds. The van der Waals surface area contributed by atoms with E-state index in [4.69, 9.17) is 14.2 Å². The van der Waals surface area contributed by atoms with Gasteiger partial charge in [-0.1, -0.05) is 63.7 Å². The summed E-state index contributed by atoms with van der Waals surface area (Å²) in [4.78, 5) is 32.1. The van der Waals surface area contributed by atoms with Crippen molar-refractivity contribution in [1.82, 2.24) is 4.57 Å². The van der Waals surface area contributed by atoms with Crippen LogP contribution in [0.3, 0.4) is 0 Å². The van der Waals surface area contributed by atoms with E-state index in [1.165, 1.54) is 11.3 Å². The Labute approximate surface area is 260 Å². The SMILES string of the molecule is CCOC(=O)C1=C(C)N=c2s/c(=C\c3ccc(OCc4ccccc4C#N)c(OCC)c3)c(=O)n2[C@@H]1c1ccc(Br)cc1. The molecule has 1 aliphatic heterocycles. The number of hydrogen-bond acceptors (Lipinski definition) is 8. The van der Waals surface area contributed by atoms with Gasteiger partial charge in [-0.3, -0.25) is 9.36 Å². The Balaban J connectivity index is 1.55. The minimum absolute atomic E-state index is 0.208. The van der Waals surface area contributed by atoms with Crippen LogP contribution in [0.1, 0.15) is 49.1 Å². The molecule has 0 radical (unpaired) electrons. The van der Waals surface area contributed by atoms with Crippen LogP contribution >= 0.6 is 27.3 Å². The van der Waals surface area contributed by atoms with Crippen molar-refractivity contribution in [1.29, 1.82) is 5.26 Å². The van der Waals surface area contributed by atoms with Crippen molar-refractivity contribution in [2.75, 3.05) is 13.2 Å². The minimum atomic E-state index is -0.684. The van der Waals surface area contributed by atoms with Gasteiger partial charge in [0.1, 0.15) is 6.61 Å². The molecule has 0 N–H and O–H groups in total. The zero-order valence-electron chi connectivity index (χ0n) is 23.8. The van der Waals surface area contributed by atoms with Crippen LogP contribution in [0.2, 0.25) is 0 Å². The Bertz CT molecular complexity index is 1940. The summed E-state index contributed by atoms with van der Waals surface area (Å²) in [6.45, 7) is 6.22. The number of carbonyl (C=O) groups excluding carboxylic acids is 1. The van der Waals surface area contributed by atoms with Crippen LogP contribution in [-0.4, -0.2) is 23.8 Å². The molecule has 0 saturated carbocycles. The Morgan fingerprint density at radius 1 is 1.07 bits per heavy atom. The normalized spacial score (nSPS) is 14.5. The average molecular weight is 659 g/mol. The first kappa shape index (κ1) is 30.0. The van der Waals surface area contributed by atoms with E-state index in [1.54, 1.807) is 36.6 Å². The Morgan fingerprint density at radius 2 is 1.84 bits per heavy atom. The number of aromatic nitrogens is 1. The first-order valence-corrected chi connectivity index (χ1v) is 15.3. The third-order valence-electron chi connectivity index (χ3n) is 6.79. The summed E-state index contributed by atoms with van der Waals surface area (Å²) in [7, 11) is 0. The Hall–Kier alpha value is -4.46. The predicted octanol–water partition coefficient (Wildman–Crippen LogP) is 5.41. The molecular weight excluding hydrogens is 630 g/mol. The maximum atomic E-state index is 13.9. The Morgan fingerprint density at radius 3 is 2.56 bits per heavy atom. The highest BCUT2D eigenvalue weighted by molar-refractivity contribution is 9.10. The van der Waals surface area contributed by atoms with Gasteiger partial charge in [-0.2, -0.15) is 5.26 Å². The molecular formula is C33H28BrN3O5S. The summed E-state index contributed by atoms with van der Waals surface area (Å²) < 4.78 is 20.2. The molecule has 5 rings (SSSR count). The highest BCUT2D eigenvalue weighted by Crippen LogP contribution is 2.32. The third kappa shape index (κ3) is 6.33. The number of esters is 1. The van der Waals surface area contributed by atoms with Crippen molar-refractivity contribution >= 4 is 39.3 Å². The number of nitriles is 1. The standard InChI is InChI=1S/C33H28BrN3O5S/c1-4-40-27-16-21(10-15-26(27)42-19-24-9-7-6-8-23(24)18-35)17-28-31(38)37-30(22-11-13-25(34)14-12-22)29(32(39)41-5-2)20(3)36-33(37)43-28/h6-17,30H,4-5,19H2,1-3H3/b28-17-/t30-/m1/s1. The van der Waals surface area contributed by atoms with Gasteiger partial charge >= 0.3 is 5.97 Å². The van der Waals surface area contributed by atoms with Crippen LogP contribution in [0.4, 0.5) is 0 Å². The van der Waals surface area contributed by atoms with Gasteiger partial charge in [0.05, 0.1) is 46.7 Å². The van der Waals surface area contributed by atoms with E-state index >= 15 is 0 Å². The van der Waals surface area contributed by atoms with Gasteiger partial charge in [0.2, 0.25) is 0 Å². The topological polar surface area (TPSA) is 103 Å². The number of allylic oxidation sites excluding steroid dienone is 1. The van der Waals surface area contributed by atoms with Crippen LogP contribution in [0.5, 0.6) is 11.5 Å². The van der Waals surface area contributed by atoms with Gasteiger partial charge in [-0.15, -0.1) is 0 Å². The molecule has 8 nitrogen and oxygen atoms in total. The molecule has 10 heteroatoms. The summed E-state index contributed by atoms with van der Waals surface area (Å²) in [5.41, 5.74) is 3.41. The second-order valence-electron chi connectivity index (χ2n) is 9.55. The van der Waals surface area contributed by atoms with E-state index in [1.807, 2.05) is 61.5 Å². The zero-order valence-corrected chi connectivity index (χ0v) is 26.2. The minimum Gasteiger partial charge on any atom is -0.490 e. The molecule has 43 heavy (non-hydrogen) atoms. The second-order valence-corrected chi connectivity index (χ2v) is 11.5. The first-order chi connectivity index (χ1) is 20.8. The van der Waals surface area contributed by atoms with E-state index in [2.05, 4.69) is 27.0 Å². The number of ether oxygens (including phenoxy) is 3. The third-order valence-corrected chi connectivity index (χ3v) is 8.30. The summed E-state index contributed by atoms with van der Waals surface area (Å²) in [6.07, 6.45) is 1.78. The molecule has 4 aromatic rings. The lowest BCUT2D eigenvalue weighted by Crippen LogP contribution is -2.39. The largest absolute Gasteiger partial charge is 0.490 e. The molecule has 0 spiro atoms. The summed E-state index contributed by atoms with van der Waals surface area (Å²) in [5, 5.41) is 9.39. The van der Waals surface area contributed by atoms with Crippen LogP contribution in [0.15, 0.2) is 92.3 Å². The maximum Gasteiger partial charge on any atom is 0.338 e. The fraction of sp³-hybridized carbons (Fsp3) is 0.212. The summed E-state index contributed by atoms with van der Waals surface area (Å²) >= 11 is 4.72. The van der Waals surface area contributed by atoms with Crippen molar-refractivity contribution in [2.45, 2.75) is 33.4 Å². The molecule has 0 saturated heterocycles. The van der Waals surface area contributed by atoms with Crippen LogP contribution < -0.4 is 24.4 Å². The molecule has 0 fully saturated rings. The molecule has 0 unspecified atom stereocenters. The van der Waals surface area contributed by atoms with Gasteiger partial charge in [-0.05, 0) is 68.3 Å². The summed E-state index contributed by atoms with van der Waals surface area (Å²) in [5.74, 6) is 0.546. The van der Waals surface area contributed by atoms with Gasteiger partial charge in [0.25, 0.3) is 5.56 Å². The number of thiazole rings is 1. The van der Waals surface area contributed by atoms with Gasteiger partial charge < -0.3 is 14.2 Å². The van der Waals surface area contributed by atoms with E-state index in [9.17, 15) is 14.9 Å². The maximum absolute atomic E-state index is 13.9. The molecule has 1 aromatic heterocycles. The van der Waals surface area contributed by atoms with Crippen molar-refractivity contribution < 1.29 is 19.0 Å². The molecule has 0 bridgehead atoms. The first-order valence-electron chi connectivity index (χ1n) is 13.7. The van der Waals surface area contributed by atoms with E-state index in [0.717, 1.165) is 21.2 Å². The molecule has 1 aliphatic rings. The fourth-order valence-electron chi connectivity index (χ4n) is 4.82. The molecule has 3 aromatic carbocycles. The molecule has 1 atom stereocenters. The molecule has 0 aliphatic carbocycles. The van der Waals surface area contributed by atoms with Crippen molar-refractivity contribution in [2.24, 2.45) is 4.99 Å². The van der Waals surface area contributed by atoms with Crippen LogP contribution in [-0.2, 0) is 16.1 Å².